The van der Waals surface area contributed by atoms with Crippen LogP contribution in [0.3, 0.4) is 0 Å². The predicted octanol–water partition coefficient (Wildman–Crippen LogP) is 3.56. The topological polar surface area (TPSA) is 93.3 Å². The van der Waals surface area contributed by atoms with Gasteiger partial charge in [0.2, 0.25) is 0 Å². The van der Waals surface area contributed by atoms with Crippen molar-refractivity contribution in [2.45, 2.75) is 19.8 Å². The molecule has 0 fully saturated rings. The minimum Gasteiger partial charge on any atom is -0.477 e. The number of carboxylic acid groups (broad SMARTS) is 1. The summed E-state index contributed by atoms with van der Waals surface area (Å²) in [7, 11) is 0. The van der Waals surface area contributed by atoms with E-state index in [1.165, 1.54) is 6.20 Å². The van der Waals surface area contributed by atoms with Crippen molar-refractivity contribution >= 4 is 11.8 Å². The van der Waals surface area contributed by atoms with Crippen molar-refractivity contribution < 1.29 is 19.2 Å². The second-order valence-corrected chi connectivity index (χ2v) is 5.57. The van der Waals surface area contributed by atoms with E-state index in [2.05, 4.69) is 10.1 Å². The van der Waals surface area contributed by atoms with Gasteiger partial charge in [-0.1, -0.05) is 41.6 Å². The molecular weight excluding hydrogens is 320 g/mol. The summed E-state index contributed by atoms with van der Waals surface area (Å²) in [6.07, 6.45) is 1.85. The predicted molar refractivity (Wildman–Crippen MR) is 90.5 cm³/mol. The zero-order valence-electron chi connectivity index (χ0n) is 13.6. The van der Waals surface area contributed by atoms with Crippen LogP contribution in [0.5, 0.6) is 0 Å². The van der Waals surface area contributed by atoms with Gasteiger partial charge in [0.05, 0.1) is 5.56 Å². The first-order valence-corrected chi connectivity index (χ1v) is 7.80. The van der Waals surface area contributed by atoms with Crippen LogP contribution >= 0.6 is 0 Å². The van der Waals surface area contributed by atoms with E-state index >= 15 is 0 Å². The van der Waals surface area contributed by atoms with Crippen LogP contribution in [0.1, 0.15) is 38.6 Å². The first-order valence-electron chi connectivity index (χ1n) is 7.80. The summed E-state index contributed by atoms with van der Waals surface area (Å²) < 4.78 is 5.21. The van der Waals surface area contributed by atoms with Crippen molar-refractivity contribution in [1.82, 2.24) is 10.1 Å². The van der Waals surface area contributed by atoms with E-state index in [0.717, 1.165) is 5.56 Å². The molecule has 25 heavy (non-hydrogen) atoms. The van der Waals surface area contributed by atoms with Gasteiger partial charge in [-0.2, -0.15) is 0 Å². The molecule has 0 saturated heterocycles. The van der Waals surface area contributed by atoms with Gasteiger partial charge in [0.15, 0.2) is 11.5 Å². The van der Waals surface area contributed by atoms with Gasteiger partial charge >= 0.3 is 5.97 Å². The monoisotopic (exact) mass is 336 g/mol. The maximum atomic E-state index is 12.7. The number of aromatic nitrogens is 2. The van der Waals surface area contributed by atoms with Gasteiger partial charge in [-0.15, -0.1) is 0 Å². The lowest BCUT2D eigenvalue weighted by Gasteiger charge is -2.05. The zero-order chi connectivity index (χ0) is 17.8. The van der Waals surface area contributed by atoms with Gasteiger partial charge < -0.3 is 9.63 Å². The molecule has 1 aromatic carbocycles. The third-order valence-electron chi connectivity index (χ3n) is 3.90. The number of carbonyl (C=O) groups excluding carboxylic acids is 1. The number of hydrogen-bond acceptors (Lipinski definition) is 5. The highest BCUT2D eigenvalue weighted by atomic mass is 16.5. The Morgan fingerprint density at radius 3 is 2.60 bits per heavy atom. The van der Waals surface area contributed by atoms with Gasteiger partial charge in [0.25, 0.3) is 0 Å². The molecule has 0 aliphatic carbocycles. The lowest BCUT2D eigenvalue weighted by molar-refractivity contribution is 0.0688. The third kappa shape index (κ3) is 3.47. The molecule has 0 unspecified atom stereocenters. The van der Waals surface area contributed by atoms with Crippen LogP contribution in [0.15, 0.2) is 53.2 Å². The molecule has 6 heteroatoms. The van der Waals surface area contributed by atoms with Crippen LogP contribution in [-0.4, -0.2) is 27.0 Å². The number of pyridine rings is 1. The quantitative estimate of drug-likeness (QED) is 0.692. The molecule has 0 atom stereocenters. The summed E-state index contributed by atoms with van der Waals surface area (Å²) in [5.74, 6) is -0.791. The number of hydrogen-bond donors (Lipinski definition) is 1. The summed E-state index contributed by atoms with van der Waals surface area (Å²) in [6.45, 7) is 1.69. The molecular formula is C19H16N2O4. The van der Waals surface area contributed by atoms with Gasteiger partial charge in [-0.3, -0.25) is 4.79 Å². The molecule has 0 bridgehead atoms. The second-order valence-electron chi connectivity index (χ2n) is 5.57. The SMILES string of the molecule is Cc1onc(-c2ccccc2)c1C(=O)CCc1cccnc1C(=O)O. The van der Waals surface area contributed by atoms with Crippen molar-refractivity contribution in [2.75, 3.05) is 0 Å². The third-order valence-corrected chi connectivity index (χ3v) is 3.90. The van der Waals surface area contributed by atoms with Crippen LogP contribution in [-0.2, 0) is 6.42 Å². The van der Waals surface area contributed by atoms with Crippen LogP contribution in [0.4, 0.5) is 0 Å². The Balaban J connectivity index is 1.84. The lowest BCUT2D eigenvalue weighted by atomic mass is 9.98. The van der Waals surface area contributed by atoms with E-state index in [0.29, 0.717) is 22.6 Å². The molecule has 1 N–H and O–H groups in total. The number of ketones is 1. The van der Waals surface area contributed by atoms with E-state index in [-0.39, 0.29) is 24.3 Å². The molecule has 0 radical (unpaired) electrons. The molecule has 126 valence electrons. The van der Waals surface area contributed by atoms with Crippen molar-refractivity contribution in [1.29, 1.82) is 0 Å². The van der Waals surface area contributed by atoms with E-state index in [1.54, 1.807) is 19.1 Å². The molecule has 0 aliphatic heterocycles. The molecule has 3 aromatic rings. The highest BCUT2D eigenvalue weighted by Crippen LogP contribution is 2.26. The van der Waals surface area contributed by atoms with Crippen molar-refractivity contribution in [2.24, 2.45) is 0 Å². The van der Waals surface area contributed by atoms with Gasteiger partial charge in [-0.05, 0) is 25.0 Å². The Bertz CT molecular complexity index is 916. The summed E-state index contributed by atoms with van der Waals surface area (Å²) in [4.78, 5) is 27.8. The average Bonchev–Trinajstić information content (AvgIpc) is 3.02. The van der Waals surface area contributed by atoms with Crippen LogP contribution in [0.25, 0.3) is 11.3 Å². The Labute approximate surface area is 144 Å². The lowest BCUT2D eigenvalue weighted by Crippen LogP contribution is -2.08. The van der Waals surface area contributed by atoms with Crippen molar-refractivity contribution in [3.63, 3.8) is 0 Å². The largest absolute Gasteiger partial charge is 0.477 e. The van der Waals surface area contributed by atoms with Crippen LogP contribution in [0, 0.1) is 6.92 Å². The fourth-order valence-electron chi connectivity index (χ4n) is 2.70. The molecule has 3 rings (SSSR count). The van der Waals surface area contributed by atoms with E-state index in [1.807, 2.05) is 30.3 Å². The van der Waals surface area contributed by atoms with Gasteiger partial charge in [-0.25, -0.2) is 9.78 Å². The van der Waals surface area contributed by atoms with Crippen molar-refractivity contribution in [3.05, 3.63) is 71.2 Å². The number of carboxylic acids is 1. The Kier molecular flexibility index (Phi) is 4.70. The first-order chi connectivity index (χ1) is 12.1. The Morgan fingerprint density at radius 2 is 1.88 bits per heavy atom. The Morgan fingerprint density at radius 1 is 1.12 bits per heavy atom. The average molecular weight is 336 g/mol. The Hall–Kier alpha value is -3.28. The van der Waals surface area contributed by atoms with Crippen LogP contribution < -0.4 is 0 Å². The van der Waals surface area contributed by atoms with Crippen LogP contribution in [0.2, 0.25) is 0 Å². The van der Waals surface area contributed by atoms with E-state index < -0.39 is 5.97 Å². The highest BCUT2D eigenvalue weighted by molar-refractivity contribution is 6.02. The summed E-state index contributed by atoms with van der Waals surface area (Å²) in [6, 6.07) is 12.7. The fourth-order valence-corrected chi connectivity index (χ4v) is 2.70. The minimum atomic E-state index is -1.10. The standard InChI is InChI=1S/C19H16N2O4/c1-12-16(17(21-25-12)13-6-3-2-4-7-13)15(22)10-9-14-8-5-11-20-18(14)19(23)24/h2-8,11H,9-10H2,1H3,(H,23,24). The zero-order valence-corrected chi connectivity index (χ0v) is 13.6. The highest BCUT2D eigenvalue weighted by Gasteiger charge is 2.22. The van der Waals surface area contributed by atoms with E-state index in [9.17, 15) is 14.7 Å². The fraction of sp³-hybridized carbons (Fsp3) is 0.158. The number of aryl methyl sites for hydroxylation is 2. The minimum absolute atomic E-state index is 0.0272. The summed E-state index contributed by atoms with van der Waals surface area (Å²) >= 11 is 0. The maximum Gasteiger partial charge on any atom is 0.354 e. The number of nitrogens with zero attached hydrogens (tertiary/aromatic N) is 2. The number of benzene rings is 1. The molecule has 6 nitrogen and oxygen atoms in total. The molecule has 0 amide bonds. The van der Waals surface area contributed by atoms with Gasteiger partial charge in [0, 0.05) is 18.2 Å². The second kappa shape index (κ2) is 7.09. The molecule has 0 aliphatic rings. The molecule has 0 spiro atoms. The summed E-state index contributed by atoms with van der Waals surface area (Å²) in [5.41, 5.74) is 2.24. The number of rotatable bonds is 6. The van der Waals surface area contributed by atoms with Crippen molar-refractivity contribution in [3.8, 4) is 11.3 Å². The molecule has 2 aromatic heterocycles. The number of aromatic carboxylic acids is 1. The molecule has 2 heterocycles. The maximum absolute atomic E-state index is 12.7. The molecule has 0 saturated carbocycles. The number of carbonyl (C=O) groups is 2. The number of Topliss-reactive ketones (excluding diaryl/α,β-unsaturated/α-hetero) is 1. The normalized spacial score (nSPS) is 10.6. The smallest absolute Gasteiger partial charge is 0.354 e. The first kappa shape index (κ1) is 16.6. The van der Waals surface area contributed by atoms with Gasteiger partial charge in [0.1, 0.15) is 11.5 Å². The summed E-state index contributed by atoms with van der Waals surface area (Å²) in [5, 5.41) is 13.2. The van der Waals surface area contributed by atoms with E-state index in [4.69, 9.17) is 4.52 Å².